The highest BCUT2D eigenvalue weighted by Gasteiger charge is 2.22. The Morgan fingerprint density at radius 1 is 1.26 bits per heavy atom. The van der Waals surface area contributed by atoms with Crippen LogP contribution in [0.2, 0.25) is 5.02 Å². The molecule has 2 aromatic rings. The Bertz CT molecular complexity index is 898. The van der Waals surface area contributed by atoms with Gasteiger partial charge in [-0.3, -0.25) is 4.79 Å². The van der Waals surface area contributed by atoms with Crippen molar-refractivity contribution in [3.8, 4) is 11.5 Å². The van der Waals surface area contributed by atoms with Crippen molar-refractivity contribution in [3.63, 3.8) is 0 Å². The number of rotatable bonds is 6. The molecule has 0 bridgehead atoms. The van der Waals surface area contributed by atoms with Gasteiger partial charge in [0.1, 0.15) is 16.7 Å². The highest BCUT2D eigenvalue weighted by atomic mass is 35.5. The first kappa shape index (κ1) is 19.9. The van der Waals surface area contributed by atoms with Gasteiger partial charge in [-0.15, -0.1) is 0 Å². The molecule has 1 heterocycles. The number of ether oxygens (including phenoxy) is 2. The highest BCUT2D eigenvalue weighted by molar-refractivity contribution is 8.45. The van der Waals surface area contributed by atoms with E-state index < -0.39 is 0 Å². The second-order valence-corrected chi connectivity index (χ2v) is 8.42. The molecule has 140 valence electrons. The van der Waals surface area contributed by atoms with Crippen LogP contribution in [0, 0.1) is 0 Å². The summed E-state index contributed by atoms with van der Waals surface area (Å²) in [6.45, 7) is 2.41. The summed E-state index contributed by atoms with van der Waals surface area (Å²) >= 11 is 9.13. The maximum absolute atomic E-state index is 12.1. The number of carbonyl (C=O) groups is 1. The lowest BCUT2D eigenvalue weighted by molar-refractivity contribution is -0.107. The van der Waals surface area contributed by atoms with Crippen molar-refractivity contribution in [1.82, 2.24) is 0 Å². The molecule has 0 spiro atoms. The minimum Gasteiger partial charge on any atom is -0.493 e. The Morgan fingerprint density at radius 2 is 2.04 bits per heavy atom. The van der Waals surface area contributed by atoms with Gasteiger partial charge in [-0.2, -0.15) is 0 Å². The van der Waals surface area contributed by atoms with E-state index in [1.165, 1.54) is 0 Å². The SMILES string of the molecule is CCSC1=N/C(=C/c2cc(Cl)c(OCc3ccccc3)c(OC)c2)C(=O)S1. The first-order valence-electron chi connectivity index (χ1n) is 8.30. The van der Waals surface area contributed by atoms with Crippen molar-refractivity contribution in [3.05, 3.63) is 64.3 Å². The summed E-state index contributed by atoms with van der Waals surface area (Å²) in [5.41, 5.74) is 2.18. The first-order valence-corrected chi connectivity index (χ1v) is 10.5. The van der Waals surface area contributed by atoms with Gasteiger partial charge >= 0.3 is 0 Å². The monoisotopic (exact) mass is 419 g/mol. The van der Waals surface area contributed by atoms with Crippen LogP contribution in [0.1, 0.15) is 18.1 Å². The van der Waals surface area contributed by atoms with Gasteiger partial charge in [0.25, 0.3) is 0 Å². The molecule has 0 atom stereocenters. The van der Waals surface area contributed by atoms with E-state index in [0.29, 0.717) is 28.8 Å². The van der Waals surface area contributed by atoms with Gasteiger partial charge in [0, 0.05) is 0 Å². The highest BCUT2D eigenvalue weighted by Crippen LogP contribution is 2.38. The molecule has 0 unspecified atom stereocenters. The van der Waals surface area contributed by atoms with Crippen LogP contribution in [0.5, 0.6) is 11.5 Å². The quantitative estimate of drug-likeness (QED) is 0.566. The summed E-state index contributed by atoms with van der Waals surface area (Å²) in [6, 6.07) is 13.4. The molecular weight excluding hydrogens is 402 g/mol. The van der Waals surface area contributed by atoms with E-state index in [1.807, 2.05) is 37.3 Å². The van der Waals surface area contributed by atoms with Crippen LogP contribution >= 0.6 is 35.1 Å². The maximum Gasteiger partial charge on any atom is 0.244 e. The van der Waals surface area contributed by atoms with E-state index in [9.17, 15) is 4.79 Å². The van der Waals surface area contributed by atoms with E-state index in [-0.39, 0.29) is 5.12 Å². The second-order valence-electron chi connectivity index (χ2n) is 5.54. The van der Waals surface area contributed by atoms with Crippen LogP contribution in [0.3, 0.4) is 0 Å². The first-order chi connectivity index (χ1) is 13.1. The average Bonchev–Trinajstić information content (AvgIpc) is 3.00. The molecule has 0 saturated carbocycles. The van der Waals surface area contributed by atoms with Crippen molar-refractivity contribution in [1.29, 1.82) is 0 Å². The normalized spacial score (nSPS) is 15.1. The van der Waals surface area contributed by atoms with E-state index in [1.54, 1.807) is 37.1 Å². The number of hydrogen-bond acceptors (Lipinski definition) is 6. The smallest absolute Gasteiger partial charge is 0.244 e. The van der Waals surface area contributed by atoms with Crippen molar-refractivity contribution < 1.29 is 14.3 Å². The predicted octanol–water partition coefficient (Wildman–Crippen LogP) is 5.65. The van der Waals surface area contributed by atoms with Gasteiger partial charge in [0.15, 0.2) is 11.5 Å². The minimum absolute atomic E-state index is 0.0644. The van der Waals surface area contributed by atoms with E-state index in [4.69, 9.17) is 21.1 Å². The number of halogens is 1. The summed E-state index contributed by atoms with van der Waals surface area (Å²) in [7, 11) is 1.56. The van der Waals surface area contributed by atoms with E-state index in [0.717, 1.165) is 33.0 Å². The minimum atomic E-state index is -0.0644. The van der Waals surface area contributed by atoms with Gasteiger partial charge in [-0.1, -0.05) is 60.6 Å². The van der Waals surface area contributed by atoms with Crippen molar-refractivity contribution in [2.24, 2.45) is 4.99 Å². The molecule has 2 aromatic carbocycles. The number of carbonyl (C=O) groups excluding carboxylic acids is 1. The summed E-state index contributed by atoms with van der Waals surface area (Å²) in [5, 5.41) is 0.354. The number of methoxy groups -OCH3 is 1. The number of nitrogens with zero attached hydrogens (tertiary/aromatic N) is 1. The predicted molar refractivity (Wildman–Crippen MR) is 115 cm³/mol. The second kappa shape index (κ2) is 9.35. The fourth-order valence-corrected chi connectivity index (χ4v) is 4.44. The molecule has 1 aliphatic heterocycles. The summed E-state index contributed by atoms with van der Waals surface area (Å²) < 4.78 is 12.1. The topological polar surface area (TPSA) is 47.9 Å². The molecule has 3 rings (SSSR count). The Morgan fingerprint density at radius 3 is 2.74 bits per heavy atom. The molecule has 0 radical (unpaired) electrons. The molecule has 7 heteroatoms. The third-order valence-corrected chi connectivity index (χ3v) is 5.82. The van der Waals surface area contributed by atoms with Gasteiger partial charge < -0.3 is 9.47 Å². The van der Waals surface area contributed by atoms with Crippen LogP contribution in [-0.2, 0) is 11.4 Å². The van der Waals surface area contributed by atoms with E-state index >= 15 is 0 Å². The van der Waals surface area contributed by atoms with Gasteiger partial charge in [-0.05, 0) is 46.9 Å². The molecule has 0 aromatic heterocycles. The Kier molecular flexibility index (Phi) is 6.88. The number of benzene rings is 2. The van der Waals surface area contributed by atoms with Crippen molar-refractivity contribution in [2.75, 3.05) is 12.9 Å². The zero-order chi connectivity index (χ0) is 19.2. The lowest BCUT2D eigenvalue weighted by Gasteiger charge is -2.13. The molecule has 0 fully saturated rings. The zero-order valence-electron chi connectivity index (χ0n) is 14.9. The average molecular weight is 420 g/mol. The lowest BCUT2D eigenvalue weighted by Crippen LogP contribution is -1.99. The fraction of sp³-hybridized carbons (Fsp3) is 0.200. The van der Waals surface area contributed by atoms with Crippen LogP contribution in [0.25, 0.3) is 6.08 Å². The van der Waals surface area contributed by atoms with E-state index in [2.05, 4.69) is 4.99 Å². The zero-order valence-corrected chi connectivity index (χ0v) is 17.3. The Balaban J connectivity index is 1.84. The van der Waals surface area contributed by atoms with Crippen LogP contribution in [0.15, 0.2) is 53.2 Å². The summed E-state index contributed by atoms with van der Waals surface area (Å²) in [6.07, 6.45) is 1.72. The third-order valence-electron chi connectivity index (χ3n) is 3.65. The van der Waals surface area contributed by atoms with Crippen LogP contribution in [-0.4, -0.2) is 22.4 Å². The molecule has 0 amide bonds. The van der Waals surface area contributed by atoms with Gasteiger partial charge in [0.05, 0.1) is 12.1 Å². The number of thioether (sulfide) groups is 2. The fourth-order valence-electron chi connectivity index (χ4n) is 2.43. The molecular formula is C20H18ClNO3S2. The lowest BCUT2D eigenvalue weighted by atomic mass is 10.1. The van der Waals surface area contributed by atoms with Gasteiger partial charge in [-0.25, -0.2) is 4.99 Å². The standard InChI is InChI=1S/C20H18ClNO3S2/c1-3-26-20-22-16(19(23)27-20)10-14-9-15(21)18(17(11-14)24-2)25-12-13-7-5-4-6-8-13/h4-11H,3,12H2,1-2H3/b16-10+. The van der Waals surface area contributed by atoms with Crippen molar-refractivity contribution in [2.45, 2.75) is 13.5 Å². The third kappa shape index (κ3) is 5.09. The molecule has 0 aliphatic carbocycles. The molecule has 4 nitrogen and oxygen atoms in total. The summed E-state index contributed by atoms with van der Waals surface area (Å²) in [5.74, 6) is 1.86. The Labute approximate surface area is 172 Å². The number of aliphatic imine (C=N–C) groups is 1. The largest absolute Gasteiger partial charge is 0.493 e. The molecule has 0 N–H and O–H groups in total. The van der Waals surface area contributed by atoms with Crippen LogP contribution in [0.4, 0.5) is 0 Å². The van der Waals surface area contributed by atoms with Crippen molar-refractivity contribution >= 4 is 50.7 Å². The maximum atomic E-state index is 12.1. The molecule has 0 saturated heterocycles. The molecule has 1 aliphatic rings. The molecule has 27 heavy (non-hydrogen) atoms. The Hall–Kier alpha value is -1.89. The van der Waals surface area contributed by atoms with Gasteiger partial charge in [0.2, 0.25) is 5.12 Å². The van der Waals surface area contributed by atoms with Crippen LogP contribution < -0.4 is 9.47 Å². The number of hydrogen-bond donors (Lipinski definition) is 0. The summed E-state index contributed by atoms with van der Waals surface area (Å²) in [4.78, 5) is 16.5.